The molecule has 0 saturated heterocycles. The Kier molecular flexibility index (Phi) is 5.29. The first kappa shape index (κ1) is 17.8. The zero-order valence-electron chi connectivity index (χ0n) is 12.1. The Bertz CT molecular complexity index is 660. The molecule has 1 rings (SSSR count). The highest BCUT2D eigenvalue weighted by Crippen LogP contribution is 2.30. The van der Waals surface area contributed by atoms with Crippen LogP contribution < -0.4 is 10.0 Å². The Balaban J connectivity index is 2.91. The number of nitrogens with zero attached hydrogens (tertiary/aromatic N) is 2. The average molecular weight is 381 g/mol. The first-order chi connectivity index (χ1) is 9.43. The van der Waals surface area contributed by atoms with Crippen LogP contribution in [-0.2, 0) is 10.0 Å². The number of hydrogen-bond acceptors (Lipinski definition) is 6. The van der Waals surface area contributed by atoms with Crippen molar-refractivity contribution < 1.29 is 13.3 Å². The summed E-state index contributed by atoms with van der Waals surface area (Å²) in [5, 5.41) is 13.8. The third kappa shape index (κ3) is 5.21. The van der Waals surface area contributed by atoms with E-state index in [9.17, 15) is 18.5 Å². The zero-order chi connectivity index (χ0) is 16.4. The van der Waals surface area contributed by atoms with Gasteiger partial charge in [-0.1, -0.05) is 0 Å². The van der Waals surface area contributed by atoms with Gasteiger partial charge in [-0.05, 0) is 36.7 Å². The van der Waals surface area contributed by atoms with Gasteiger partial charge in [-0.15, -0.1) is 0 Å². The standard InChI is InChI=1S/C11H17BrN4O4S/c1-7-8(16(17)18)5-13-10(9(7)12)14-6-11(2,3)15-21(4,19)20/h5,15H,6H2,1-4H3,(H,13,14). The van der Waals surface area contributed by atoms with E-state index in [1.807, 2.05) is 0 Å². The molecule has 1 aromatic heterocycles. The monoisotopic (exact) mass is 380 g/mol. The fourth-order valence-electron chi connectivity index (χ4n) is 1.72. The van der Waals surface area contributed by atoms with Crippen LogP contribution in [0.4, 0.5) is 11.5 Å². The number of pyridine rings is 1. The van der Waals surface area contributed by atoms with Crippen molar-refractivity contribution >= 4 is 37.5 Å². The number of halogens is 1. The maximum Gasteiger partial charge on any atom is 0.291 e. The minimum Gasteiger partial charge on any atom is -0.367 e. The van der Waals surface area contributed by atoms with Crippen molar-refractivity contribution in [2.75, 3.05) is 18.1 Å². The van der Waals surface area contributed by atoms with E-state index in [1.54, 1.807) is 20.8 Å². The maximum atomic E-state index is 11.3. The van der Waals surface area contributed by atoms with Crippen LogP contribution in [-0.4, -0.2) is 36.7 Å². The lowest BCUT2D eigenvalue weighted by Crippen LogP contribution is -2.47. The molecule has 10 heteroatoms. The second-order valence-electron chi connectivity index (χ2n) is 5.30. The molecule has 0 spiro atoms. The number of sulfonamides is 1. The number of aromatic nitrogens is 1. The van der Waals surface area contributed by atoms with Gasteiger partial charge in [0.2, 0.25) is 10.0 Å². The first-order valence-electron chi connectivity index (χ1n) is 5.95. The molecule has 118 valence electrons. The lowest BCUT2D eigenvalue weighted by atomic mass is 10.1. The number of rotatable bonds is 6. The predicted octanol–water partition coefficient (Wildman–Crippen LogP) is 1.80. The molecule has 2 N–H and O–H groups in total. The Morgan fingerprint density at radius 2 is 2.05 bits per heavy atom. The molecular formula is C11H17BrN4O4S. The van der Waals surface area contributed by atoms with Crippen molar-refractivity contribution in [3.63, 3.8) is 0 Å². The lowest BCUT2D eigenvalue weighted by Gasteiger charge is -2.25. The van der Waals surface area contributed by atoms with Gasteiger partial charge < -0.3 is 5.32 Å². The van der Waals surface area contributed by atoms with Gasteiger partial charge in [0.25, 0.3) is 5.69 Å². The van der Waals surface area contributed by atoms with Gasteiger partial charge in [0, 0.05) is 17.6 Å². The molecule has 0 bridgehead atoms. The molecule has 8 nitrogen and oxygen atoms in total. The van der Waals surface area contributed by atoms with Crippen LogP contribution in [0.5, 0.6) is 0 Å². The summed E-state index contributed by atoms with van der Waals surface area (Å²) in [6.07, 6.45) is 2.25. The Labute approximate surface area is 131 Å². The molecule has 0 aromatic carbocycles. The molecule has 1 aromatic rings. The molecule has 0 saturated carbocycles. The van der Waals surface area contributed by atoms with Crippen molar-refractivity contribution in [2.45, 2.75) is 26.3 Å². The smallest absolute Gasteiger partial charge is 0.291 e. The van der Waals surface area contributed by atoms with E-state index >= 15 is 0 Å². The van der Waals surface area contributed by atoms with Gasteiger partial charge in [0.1, 0.15) is 12.0 Å². The third-order valence-electron chi connectivity index (χ3n) is 2.59. The molecule has 0 aliphatic heterocycles. The summed E-state index contributed by atoms with van der Waals surface area (Å²) in [7, 11) is -3.33. The largest absolute Gasteiger partial charge is 0.367 e. The van der Waals surface area contributed by atoms with Crippen LogP contribution in [0.3, 0.4) is 0 Å². The second kappa shape index (κ2) is 6.24. The van der Waals surface area contributed by atoms with Crippen LogP contribution in [0.1, 0.15) is 19.4 Å². The molecule has 0 amide bonds. The predicted molar refractivity (Wildman–Crippen MR) is 83.9 cm³/mol. The van der Waals surface area contributed by atoms with E-state index in [1.165, 1.54) is 6.20 Å². The molecule has 0 fully saturated rings. The number of nitro groups is 1. The molecular weight excluding hydrogens is 364 g/mol. The molecule has 1 heterocycles. The summed E-state index contributed by atoms with van der Waals surface area (Å²) in [5.41, 5.74) is -0.364. The molecule has 0 aliphatic carbocycles. The second-order valence-corrected chi connectivity index (χ2v) is 7.84. The topological polar surface area (TPSA) is 114 Å². The van der Waals surface area contributed by atoms with Crippen LogP contribution >= 0.6 is 15.9 Å². The normalized spacial score (nSPS) is 12.2. The van der Waals surface area contributed by atoms with Crippen molar-refractivity contribution in [2.24, 2.45) is 0 Å². The quantitative estimate of drug-likeness (QED) is 0.574. The van der Waals surface area contributed by atoms with Gasteiger partial charge in [0.15, 0.2) is 0 Å². The first-order valence-corrected chi connectivity index (χ1v) is 8.64. The van der Waals surface area contributed by atoms with E-state index in [4.69, 9.17) is 0 Å². The number of anilines is 1. The summed E-state index contributed by atoms with van der Waals surface area (Å²) in [4.78, 5) is 14.3. The summed E-state index contributed by atoms with van der Waals surface area (Å²) in [6.45, 7) is 5.30. The Hall–Kier alpha value is -1.26. The van der Waals surface area contributed by atoms with Gasteiger partial charge in [-0.25, -0.2) is 18.1 Å². The summed E-state index contributed by atoms with van der Waals surface area (Å²) in [5.74, 6) is 0.418. The van der Waals surface area contributed by atoms with Gasteiger partial charge >= 0.3 is 0 Å². The summed E-state index contributed by atoms with van der Waals surface area (Å²) in [6, 6.07) is 0. The van der Waals surface area contributed by atoms with E-state index < -0.39 is 20.5 Å². The van der Waals surface area contributed by atoms with Crippen molar-refractivity contribution in [3.05, 3.63) is 26.3 Å². The van der Waals surface area contributed by atoms with Crippen molar-refractivity contribution in [1.82, 2.24) is 9.71 Å². The third-order valence-corrected chi connectivity index (χ3v) is 4.49. The SMILES string of the molecule is Cc1c([N+](=O)[O-])cnc(NCC(C)(C)NS(C)(=O)=O)c1Br. The van der Waals surface area contributed by atoms with Crippen LogP contribution in [0.15, 0.2) is 10.7 Å². The van der Waals surface area contributed by atoms with Crippen LogP contribution in [0.25, 0.3) is 0 Å². The van der Waals surface area contributed by atoms with Crippen LogP contribution in [0.2, 0.25) is 0 Å². The molecule has 0 aliphatic rings. The highest BCUT2D eigenvalue weighted by atomic mass is 79.9. The highest BCUT2D eigenvalue weighted by molar-refractivity contribution is 9.10. The minimum atomic E-state index is -3.33. The summed E-state index contributed by atoms with van der Waals surface area (Å²) < 4.78 is 25.5. The molecule has 0 radical (unpaired) electrons. The lowest BCUT2D eigenvalue weighted by molar-refractivity contribution is -0.385. The fraction of sp³-hybridized carbons (Fsp3) is 0.545. The van der Waals surface area contributed by atoms with Gasteiger partial charge in [-0.2, -0.15) is 0 Å². The van der Waals surface area contributed by atoms with Crippen molar-refractivity contribution in [1.29, 1.82) is 0 Å². The highest BCUT2D eigenvalue weighted by Gasteiger charge is 2.23. The van der Waals surface area contributed by atoms with Crippen molar-refractivity contribution in [3.8, 4) is 0 Å². The van der Waals surface area contributed by atoms with E-state index in [2.05, 4.69) is 31.0 Å². The molecule has 0 atom stereocenters. The maximum absolute atomic E-state index is 11.3. The fourth-order valence-corrected chi connectivity index (χ4v) is 3.24. The van der Waals surface area contributed by atoms with E-state index in [0.29, 0.717) is 15.9 Å². The average Bonchev–Trinajstić information content (AvgIpc) is 2.27. The van der Waals surface area contributed by atoms with E-state index in [-0.39, 0.29) is 12.2 Å². The molecule has 21 heavy (non-hydrogen) atoms. The molecule has 0 unspecified atom stereocenters. The van der Waals surface area contributed by atoms with Gasteiger partial charge in [0.05, 0.1) is 15.7 Å². The summed E-state index contributed by atoms with van der Waals surface area (Å²) >= 11 is 3.26. The Morgan fingerprint density at radius 3 is 2.52 bits per heavy atom. The number of hydrogen-bond donors (Lipinski definition) is 2. The van der Waals surface area contributed by atoms with Crippen LogP contribution in [0, 0.1) is 17.0 Å². The number of nitrogens with one attached hydrogen (secondary N) is 2. The Morgan fingerprint density at radius 1 is 1.48 bits per heavy atom. The van der Waals surface area contributed by atoms with E-state index in [0.717, 1.165) is 6.26 Å². The van der Waals surface area contributed by atoms with Gasteiger partial charge in [-0.3, -0.25) is 10.1 Å². The minimum absolute atomic E-state index is 0.0825. The zero-order valence-corrected chi connectivity index (χ0v) is 14.5.